The van der Waals surface area contributed by atoms with E-state index in [1.807, 2.05) is 6.07 Å². The lowest BCUT2D eigenvalue weighted by atomic mass is 9.89. The summed E-state index contributed by atoms with van der Waals surface area (Å²) in [4.78, 5) is 4.45. The largest absolute Gasteiger partial charge is 0.481 e. The van der Waals surface area contributed by atoms with Crippen molar-refractivity contribution in [3.63, 3.8) is 0 Å². The molecule has 2 aromatic rings. The van der Waals surface area contributed by atoms with E-state index in [0.717, 1.165) is 18.6 Å². The van der Waals surface area contributed by atoms with Crippen LogP contribution in [0.2, 0.25) is 0 Å². The summed E-state index contributed by atoms with van der Waals surface area (Å²) in [6.45, 7) is 2.26. The zero-order valence-corrected chi connectivity index (χ0v) is 10.6. The van der Waals surface area contributed by atoms with Gasteiger partial charge in [0.2, 0.25) is 5.88 Å². The lowest BCUT2D eigenvalue weighted by Crippen LogP contribution is -2.26. The Labute approximate surface area is 107 Å². The van der Waals surface area contributed by atoms with E-state index in [4.69, 9.17) is 4.74 Å². The first-order valence-electron chi connectivity index (χ1n) is 6.52. The molecule has 0 aliphatic carbocycles. The van der Waals surface area contributed by atoms with Crippen molar-refractivity contribution in [3.05, 3.63) is 35.9 Å². The number of nitrogens with zero attached hydrogens (tertiary/aromatic N) is 1. The number of piperidine rings is 1. The van der Waals surface area contributed by atoms with Crippen molar-refractivity contribution in [2.45, 2.75) is 18.8 Å². The molecule has 0 saturated carbocycles. The van der Waals surface area contributed by atoms with Crippen LogP contribution in [0, 0.1) is 0 Å². The smallest absolute Gasteiger partial charge is 0.213 e. The van der Waals surface area contributed by atoms with Gasteiger partial charge in [0.25, 0.3) is 0 Å². The van der Waals surface area contributed by atoms with E-state index < -0.39 is 0 Å². The highest BCUT2D eigenvalue weighted by Crippen LogP contribution is 2.28. The van der Waals surface area contributed by atoms with E-state index in [2.05, 4.69) is 34.6 Å². The fourth-order valence-corrected chi connectivity index (χ4v) is 2.65. The molecule has 94 valence electrons. The SMILES string of the molecule is COc1ccc2cc(C3CCNCC3)ccc2n1. The Morgan fingerprint density at radius 2 is 2.00 bits per heavy atom. The first kappa shape index (κ1) is 11.5. The molecular weight excluding hydrogens is 224 g/mol. The molecule has 1 saturated heterocycles. The molecular formula is C15H18N2O. The molecule has 3 nitrogen and oxygen atoms in total. The van der Waals surface area contributed by atoms with Crippen LogP contribution < -0.4 is 10.1 Å². The summed E-state index contributed by atoms with van der Waals surface area (Å²) >= 11 is 0. The van der Waals surface area contributed by atoms with E-state index in [1.165, 1.54) is 23.8 Å². The standard InChI is InChI=1S/C15H18N2O/c1-18-15-5-3-13-10-12(2-4-14(13)17-15)11-6-8-16-9-7-11/h2-5,10-11,16H,6-9H2,1H3. The third-order valence-electron chi connectivity index (χ3n) is 3.71. The minimum Gasteiger partial charge on any atom is -0.481 e. The van der Waals surface area contributed by atoms with Gasteiger partial charge in [-0.3, -0.25) is 0 Å². The number of hydrogen-bond acceptors (Lipinski definition) is 3. The molecule has 1 fully saturated rings. The number of nitrogens with one attached hydrogen (secondary N) is 1. The summed E-state index contributed by atoms with van der Waals surface area (Å²) in [5.74, 6) is 1.37. The van der Waals surface area contributed by atoms with E-state index in [0.29, 0.717) is 11.8 Å². The molecule has 1 aliphatic heterocycles. The number of hydrogen-bond donors (Lipinski definition) is 1. The van der Waals surface area contributed by atoms with Crippen LogP contribution >= 0.6 is 0 Å². The first-order valence-corrected chi connectivity index (χ1v) is 6.52. The molecule has 0 atom stereocenters. The summed E-state index contributed by atoms with van der Waals surface area (Å²) in [6, 6.07) is 10.6. The maximum Gasteiger partial charge on any atom is 0.213 e. The zero-order chi connectivity index (χ0) is 12.4. The fraction of sp³-hybridized carbons (Fsp3) is 0.400. The molecule has 3 rings (SSSR count). The average Bonchev–Trinajstić information content (AvgIpc) is 2.47. The number of ether oxygens (including phenoxy) is 1. The average molecular weight is 242 g/mol. The Bertz CT molecular complexity index is 547. The van der Waals surface area contributed by atoms with E-state index in [-0.39, 0.29) is 0 Å². The molecule has 1 aromatic carbocycles. The van der Waals surface area contributed by atoms with E-state index >= 15 is 0 Å². The van der Waals surface area contributed by atoms with Gasteiger partial charge in [-0.25, -0.2) is 4.98 Å². The van der Waals surface area contributed by atoms with Crippen molar-refractivity contribution in [3.8, 4) is 5.88 Å². The monoisotopic (exact) mass is 242 g/mol. The topological polar surface area (TPSA) is 34.1 Å². The second-order valence-corrected chi connectivity index (χ2v) is 4.83. The highest BCUT2D eigenvalue weighted by molar-refractivity contribution is 5.80. The summed E-state index contributed by atoms with van der Waals surface area (Å²) in [7, 11) is 1.65. The Hall–Kier alpha value is -1.61. The molecule has 2 heterocycles. The number of methoxy groups -OCH3 is 1. The molecule has 18 heavy (non-hydrogen) atoms. The summed E-state index contributed by atoms with van der Waals surface area (Å²) in [6.07, 6.45) is 2.46. The second kappa shape index (κ2) is 4.94. The summed E-state index contributed by atoms with van der Waals surface area (Å²) in [5, 5.41) is 4.61. The van der Waals surface area contributed by atoms with Crippen molar-refractivity contribution in [1.29, 1.82) is 0 Å². The number of aromatic nitrogens is 1. The van der Waals surface area contributed by atoms with Gasteiger partial charge in [0.15, 0.2) is 0 Å². The fourth-order valence-electron chi connectivity index (χ4n) is 2.65. The summed E-state index contributed by atoms with van der Waals surface area (Å²) < 4.78 is 5.15. The predicted molar refractivity (Wildman–Crippen MR) is 73.1 cm³/mol. The van der Waals surface area contributed by atoms with Gasteiger partial charge in [-0.1, -0.05) is 6.07 Å². The molecule has 0 amide bonds. The number of pyridine rings is 1. The van der Waals surface area contributed by atoms with Crippen LogP contribution in [0.1, 0.15) is 24.3 Å². The van der Waals surface area contributed by atoms with Crippen LogP contribution in [0.25, 0.3) is 10.9 Å². The van der Waals surface area contributed by atoms with Gasteiger partial charge in [-0.05, 0) is 55.6 Å². The summed E-state index contributed by atoms with van der Waals surface area (Å²) in [5.41, 5.74) is 2.45. The van der Waals surface area contributed by atoms with Crippen molar-refractivity contribution < 1.29 is 4.74 Å². The highest BCUT2D eigenvalue weighted by atomic mass is 16.5. The molecule has 0 unspecified atom stereocenters. The maximum absolute atomic E-state index is 5.15. The Kier molecular flexibility index (Phi) is 3.15. The molecule has 0 spiro atoms. The molecule has 1 N–H and O–H groups in total. The maximum atomic E-state index is 5.15. The van der Waals surface area contributed by atoms with Gasteiger partial charge in [-0.2, -0.15) is 0 Å². The van der Waals surface area contributed by atoms with Gasteiger partial charge in [0.1, 0.15) is 0 Å². The molecule has 3 heteroatoms. The first-order chi connectivity index (χ1) is 8.86. The van der Waals surface area contributed by atoms with Crippen LogP contribution in [-0.2, 0) is 0 Å². The minimum absolute atomic E-state index is 0.678. The van der Waals surface area contributed by atoms with Gasteiger partial charge in [0, 0.05) is 11.5 Å². The van der Waals surface area contributed by atoms with Crippen LogP contribution in [0.15, 0.2) is 30.3 Å². The second-order valence-electron chi connectivity index (χ2n) is 4.83. The third kappa shape index (κ3) is 2.18. The van der Waals surface area contributed by atoms with E-state index in [1.54, 1.807) is 7.11 Å². The van der Waals surface area contributed by atoms with Gasteiger partial charge < -0.3 is 10.1 Å². The van der Waals surface area contributed by atoms with Gasteiger partial charge in [-0.15, -0.1) is 0 Å². The van der Waals surface area contributed by atoms with Crippen molar-refractivity contribution in [1.82, 2.24) is 10.3 Å². The van der Waals surface area contributed by atoms with Gasteiger partial charge in [0.05, 0.1) is 12.6 Å². The van der Waals surface area contributed by atoms with Gasteiger partial charge >= 0.3 is 0 Å². The molecule has 0 radical (unpaired) electrons. The number of fused-ring (bicyclic) bond motifs is 1. The Morgan fingerprint density at radius 1 is 1.17 bits per heavy atom. The quantitative estimate of drug-likeness (QED) is 0.879. The highest BCUT2D eigenvalue weighted by Gasteiger charge is 2.15. The number of rotatable bonds is 2. The van der Waals surface area contributed by atoms with Crippen LogP contribution in [0.5, 0.6) is 5.88 Å². The molecule has 1 aliphatic rings. The zero-order valence-electron chi connectivity index (χ0n) is 10.6. The molecule has 1 aromatic heterocycles. The van der Waals surface area contributed by atoms with Crippen molar-refractivity contribution >= 4 is 10.9 Å². The van der Waals surface area contributed by atoms with Crippen molar-refractivity contribution in [2.24, 2.45) is 0 Å². The number of benzene rings is 1. The van der Waals surface area contributed by atoms with Crippen LogP contribution in [-0.4, -0.2) is 25.2 Å². The minimum atomic E-state index is 0.678. The van der Waals surface area contributed by atoms with Crippen LogP contribution in [0.3, 0.4) is 0 Å². The third-order valence-corrected chi connectivity index (χ3v) is 3.71. The van der Waals surface area contributed by atoms with Crippen LogP contribution in [0.4, 0.5) is 0 Å². The Balaban J connectivity index is 1.95. The van der Waals surface area contributed by atoms with E-state index in [9.17, 15) is 0 Å². The molecule has 0 bridgehead atoms. The normalized spacial score (nSPS) is 16.9. The Morgan fingerprint density at radius 3 is 2.78 bits per heavy atom. The predicted octanol–water partition coefficient (Wildman–Crippen LogP) is 2.71. The lowest BCUT2D eigenvalue weighted by Gasteiger charge is -2.23. The lowest BCUT2D eigenvalue weighted by molar-refractivity contribution is 0.399. The van der Waals surface area contributed by atoms with Crippen molar-refractivity contribution in [2.75, 3.05) is 20.2 Å².